The van der Waals surface area contributed by atoms with E-state index in [1.54, 1.807) is 7.11 Å². The third-order valence-electron chi connectivity index (χ3n) is 13.4. The van der Waals surface area contributed by atoms with E-state index in [1.807, 2.05) is 0 Å². The summed E-state index contributed by atoms with van der Waals surface area (Å²) in [5.74, 6) is 0.143. The predicted molar refractivity (Wildman–Crippen MR) is 269 cm³/mol. The molecule has 0 saturated carbocycles. The number of hydrogen-bond donors (Lipinski definition) is 1. The molecule has 5 nitrogen and oxygen atoms in total. The Morgan fingerprint density at radius 2 is 0.820 bits per heavy atom. The van der Waals surface area contributed by atoms with E-state index >= 15 is 0 Å². The lowest BCUT2D eigenvalue weighted by Gasteiger charge is -2.40. The summed E-state index contributed by atoms with van der Waals surface area (Å²) in [6.07, 6.45) is 47.9. The Morgan fingerprint density at radius 1 is 0.459 bits per heavy atom. The molecule has 0 spiro atoms. The van der Waals surface area contributed by atoms with Crippen LogP contribution in [0.25, 0.3) is 0 Å². The first-order valence-electron chi connectivity index (χ1n) is 27.2. The van der Waals surface area contributed by atoms with Crippen LogP contribution in [-0.2, 0) is 19.0 Å². The number of nitrogens with one attached hydrogen (secondary N) is 1. The van der Waals surface area contributed by atoms with Crippen molar-refractivity contribution in [1.82, 2.24) is 5.32 Å². The van der Waals surface area contributed by atoms with Crippen molar-refractivity contribution in [2.24, 2.45) is 10.8 Å². The van der Waals surface area contributed by atoms with E-state index in [1.165, 1.54) is 199 Å². The quantitative estimate of drug-likeness (QED) is 0.0619. The molecule has 1 unspecified atom stereocenters. The predicted octanol–water partition coefficient (Wildman–Crippen LogP) is 17.8. The highest BCUT2D eigenvalue weighted by Crippen LogP contribution is 2.40. The normalized spacial score (nSPS) is 13.3. The van der Waals surface area contributed by atoms with Gasteiger partial charge >= 0.3 is 0 Å². The summed E-state index contributed by atoms with van der Waals surface area (Å²) >= 11 is 0. The van der Waals surface area contributed by atoms with Gasteiger partial charge in [-0.25, -0.2) is 0 Å². The zero-order valence-electron chi connectivity index (χ0n) is 43.8. The first-order valence-corrected chi connectivity index (χ1v) is 27.2. The van der Waals surface area contributed by atoms with Crippen LogP contribution in [0, 0.1) is 10.8 Å². The van der Waals surface area contributed by atoms with Gasteiger partial charge < -0.3 is 19.5 Å². The molecule has 0 aliphatic rings. The van der Waals surface area contributed by atoms with Gasteiger partial charge in [0.25, 0.3) is 0 Å². The van der Waals surface area contributed by atoms with Crippen molar-refractivity contribution in [2.75, 3.05) is 26.9 Å². The van der Waals surface area contributed by atoms with Gasteiger partial charge in [-0.15, -0.1) is 0 Å². The molecule has 5 heteroatoms. The SMILES string of the molecule is CCCCCCCCCCCCCCCCCCOC(CCCCCCCCCCCCCCCCCC)CNC(=O)C(C)(C)CC(C)(C)CC(C)(C)OCCC(C)(C)OC. The van der Waals surface area contributed by atoms with Gasteiger partial charge in [0, 0.05) is 25.7 Å². The third kappa shape index (κ3) is 39.4. The second kappa shape index (κ2) is 38.6. The molecular formula is C56H113NO4. The van der Waals surface area contributed by atoms with Gasteiger partial charge in [0.1, 0.15) is 0 Å². The maximum atomic E-state index is 13.8. The lowest BCUT2D eigenvalue weighted by molar-refractivity contribution is -0.133. The Balaban J connectivity index is 4.67. The molecule has 0 aromatic rings. The van der Waals surface area contributed by atoms with Crippen molar-refractivity contribution in [3.8, 4) is 0 Å². The summed E-state index contributed by atoms with van der Waals surface area (Å²) in [7, 11) is 1.76. The Labute approximate surface area is 384 Å². The Kier molecular flexibility index (Phi) is 38.2. The number of ether oxygens (including phenoxy) is 3. The molecule has 1 N–H and O–H groups in total. The van der Waals surface area contributed by atoms with Crippen LogP contribution in [0.3, 0.4) is 0 Å². The van der Waals surface area contributed by atoms with Crippen LogP contribution in [0.1, 0.15) is 300 Å². The maximum absolute atomic E-state index is 13.8. The second-order valence-corrected chi connectivity index (χ2v) is 22.3. The minimum Gasteiger partial charge on any atom is -0.379 e. The molecule has 0 aromatic carbocycles. The van der Waals surface area contributed by atoms with E-state index in [-0.39, 0.29) is 28.6 Å². The van der Waals surface area contributed by atoms with Gasteiger partial charge in [0.05, 0.1) is 23.9 Å². The van der Waals surface area contributed by atoms with Gasteiger partial charge in [-0.3, -0.25) is 4.79 Å². The number of hydrogen-bond acceptors (Lipinski definition) is 4. The molecule has 1 atom stereocenters. The number of carbonyl (C=O) groups excluding carboxylic acids is 1. The van der Waals surface area contributed by atoms with Crippen LogP contribution in [0.15, 0.2) is 0 Å². The number of amides is 1. The van der Waals surface area contributed by atoms with Crippen molar-refractivity contribution in [3.05, 3.63) is 0 Å². The van der Waals surface area contributed by atoms with Crippen molar-refractivity contribution in [1.29, 1.82) is 0 Å². The summed E-state index contributed by atoms with van der Waals surface area (Å²) in [5.41, 5.74) is -1.01. The third-order valence-corrected chi connectivity index (χ3v) is 13.4. The molecule has 0 rings (SSSR count). The highest BCUT2D eigenvalue weighted by molar-refractivity contribution is 5.81. The lowest BCUT2D eigenvalue weighted by atomic mass is 9.70. The average Bonchev–Trinajstić information content (AvgIpc) is 3.19. The first-order chi connectivity index (χ1) is 29.1. The van der Waals surface area contributed by atoms with Crippen molar-refractivity contribution in [3.63, 3.8) is 0 Å². The first kappa shape index (κ1) is 60.4. The zero-order chi connectivity index (χ0) is 45.6. The van der Waals surface area contributed by atoms with Crippen LogP contribution in [0.4, 0.5) is 0 Å². The molecular weight excluding hydrogens is 751 g/mol. The Bertz CT molecular complexity index is 958. The standard InChI is InChI=1S/C56H113NO4/c1-12-14-16-18-20-22-24-26-28-30-32-34-36-38-40-42-44-51(60-46-43-41-39-37-35-33-31-29-27-25-23-21-19-17-15-13-2)48-57-52(58)54(5,6)49-53(3,4)50-56(9,10)61-47-45-55(7,8)59-11/h51H,12-50H2,1-11H3,(H,57,58). The van der Waals surface area contributed by atoms with E-state index in [0.29, 0.717) is 13.2 Å². The molecule has 366 valence electrons. The molecule has 0 fully saturated rings. The van der Waals surface area contributed by atoms with E-state index in [9.17, 15) is 4.79 Å². The summed E-state index contributed by atoms with van der Waals surface area (Å²) in [6, 6.07) is 0. The van der Waals surface area contributed by atoms with Crippen molar-refractivity contribution < 1.29 is 19.0 Å². The molecule has 1 amide bonds. The summed E-state index contributed by atoms with van der Waals surface area (Å²) < 4.78 is 18.5. The molecule has 0 saturated heterocycles. The van der Waals surface area contributed by atoms with E-state index < -0.39 is 5.41 Å². The largest absolute Gasteiger partial charge is 0.379 e. The van der Waals surface area contributed by atoms with Gasteiger partial charge in [-0.05, 0) is 65.2 Å². The average molecular weight is 865 g/mol. The lowest BCUT2D eigenvalue weighted by Crippen LogP contribution is -2.44. The van der Waals surface area contributed by atoms with E-state index in [0.717, 1.165) is 38.7 Å². The number of methoxy groups -OCH3 is 1. The van der Waals surface area contributed by atoms with Gasteiger partial charge in [0.15, 0.2) is 0 Å². The minimum absolute atomic E-state index is 0.0577. The van der Waals surface area contributed by atoms with E-state index in [4.69, 9.17) is 14.2 Å². The van der Waals surface area contributed by atoms with Crippen molar-refractivity contribution >= 4 is 5.91 Å². The number of rotatable bonds is 47. The molecule has 0 aliphatic carbocycles. The highest BCUT2D eigenvalue weighted by atomic mass is 16.5. The fourth-order valence-electron chi connectivity index (χ4n) is 9.73. The topological polar surface area (TPSA) is 56.8 Å². The summed E-state index contributed by atoms with van der Waals surface area (Å²) in [4.78, 5) is 13.8. The molecule has 0 aliphatic heterocycles. The fourth-order valence-corrected chi connectivity index (χ4v) is 9.73. The summed E-state index contributed by atoms with van der Waals surface area (Å²) in [5, 5.41) is 3.37. The number of carbonyl (C=O) groups is 1. The molecule has 0 heterocycles. The Morgan fingerprint density at radius 3 is 1.20 bits per heavy atom. The zero-order valence-corrected chi connectivity index (χ0v) is 43.8. The minimum atomic E-state index is -0.482. The Hall–Kier alpha value is -0.650. The summed E-state index contributed by atoms with van der Waals surface area (Å²) in [6.45, 7) is 24.1. The van der Waals surface area contributed by atoms with Crippen LogP contribution in [0.2, 0.25) is 0 Å². The highest BCUT2D eigenvalue weighted by Gasteiger charge is 2.38. The molecule has 0 aromatic heterocycles. The van der Waals surface area contributed by atoms with Gasteiger partial charge in [-0.1, -0.05) is 241 Å². The van der Waals surface area contributed by atoms with Gasteiger partial charge in [0.2, 0.25) is 5.91 Å². The fraction of sp³-hybridized carbons (Fsp3) is 0.982. The number of unbranched alkanes of at least 4 members (excludes halogenated alkanes) is 30. The van der Waals surface area contributed by atoms with Gasteiger partial charge in [-0.2, -0.15) is 0 Å². The second-order valence-electron chi connectivity index (χ2n) is 22.3. The van der Waals surface area contributed by atoms with Crippen LogP contribution in [-0.4, -0.2) is 50.1 Å². The van der Waals surface area contributed by atoms with E-state index in [2.05, 4.69) is 74.6 Å². The molecule has 0 bridgehead atoms. The maximum Gasteiger partial charge on any atom is 0.225 e. The van der Waals surface area contributed by atoms with Crippen LogP contribution >= 0.6 is 0 Å². The van der Waals surface area contributed by atoms with Crippen LogP contribution < -0.4 is 5.32 Å². The monoisotopic (exact) mass is 864 g/mol. The smallest absolute Gasteiger partial charge is 0.225 e. The van der Waals surface area contributed by atoms with Crippen LogP contribution in [0.5, 0.6) is 0 Å². The van der Waals surface area contributed by atoms with Crippen molar-refractivity contribution in [2.45, 2.75) is 318 Å². The molecule has 61 heavy (non-hydrogen) atoms. The molecule has 0 radical (unpaired) electrons.